The van der Waals surface area contributed by atoms with Crippen LogP contribution in [-0.4, -0.2) is 18.9 Å². The summed E-state index contributed by atoms with van der Waals surface area (Å²) in [7, 11) is -3.93. The number of nitrogen functional groups attached to an aromatic ring is 1. The first-order valence-corrected chi connectivity index (χ1v) is 6.80. The lowest BCUT2D eigenvalue weighted by molar-refractivity contribution is -0.386. The number of rotatable bonds is 4. The Balaban J connectivity index is 2.50. The van der Waals surface area contributed by atoms with Gasteiger partial charge in [0.1, 0.15) is 5.69 Å². The second-order valence-electron chi connectivity index (χ2n) is 4.62. The molecule has 98 valence electrons. The number of nitrogens with two attached hydrogens (primary N) is 1. The lowest BCUT2D eigenvalue weighted by atomic mass is 10.3. The SMILES string of the molecule is CC1(NS(=O)(=O)c2cccc(N)c2[N+](=O)[O-])CC1. The number of sulfonamides is 1. The Hall–Kier alpha value is -1.67. The van der Waals surface area contributed by atoms with Crippen molar-refractivity contribution in [3.05, 3.63) is 28.3 Å². The quantitative estimate of drug-likeness (QED) is 0.481. The maximum absolute atomic E-state index is 12.1. The highest BCUT2D eigenvalue weighted by molar-refractivity contribution is 7.89. The summed E-state index contributed by atoms with van der Waals surface area (Å²) in [6.07, 6.45) is 1.45. The molecular weight excluding hydrogens is 258 g/mol. The zero-order chi connectivity index (χ0) is 13.6. The van der Waals surface area contributed by atoms with Gasteiger partial charge in [-0.2, -0.15) is 0 Å². The van der Waals surface area contributed by atoms with E-state index >= 15 is 0 Å². The van der Waals surface area contributed by atoms with E-state index in [2.05, 4.69) is 4.72 Å². The van der Waals surface area contributed by atoms with Gasteiger partial charge in [0.2, 0.25) is 10.0 Å². The van der Waals surface area contributed by atoms with Crippen molar-refractivity contribution in [1.29, 1.82) is 0 Å². The second kappa shape index (κ2) is 3.92. The predicted octanol–water partition coefficient (Wildman–Crippen LogP) is 1.01. The summed E-state index contributed by atoms with van der Waals surface area (Å²) in [4.78, 5) is 9.74. The van der Waals surface area contributed by atoms with Gasteiger partial charge >= 0.3 is 5.69 Å². The Morgan fingerprint density at radius 2 is 2.06 bits per heavy atom. The van der Waals surface area contributed by atoms with Crippen LogP contribution in [0.3, 0.4) is 0 Å². The van der Waals surface area contributed by atoms with Crippen molar-refractivity contribution in [2.75, 3.05) is 5.73 Å². The van der Waals surface area contributed by atoms with E-state index in [4.69, 9.17) is 5.73 Å². The molecule has 7 nitrogen and oxygen atoms in total. The number of nitro benzene ring substituents is 1. The van der Waals surface area contributed by atoms with Crippen molar-refractivity contribution in [2.45, 2.75) is 30.2 Å². The van der Waals surface area contributed by atoms with E-state index in [0.717, 1.165) is 12.8 Å². The molecule has 2 rings (SSSR count). The molecule has 1 aromatic rings. The monoisotopic (exact) mass is 271 g/mol. The largest absolute Gasteiger partial charge is 0.393 e. The lowest BCUT2D eigenvalue weighted by Crippen LogP contribution is -2.34. The molecule has 0 atom stereocenters. The molecule has 0 aliphatic heterocycles. The second-order valence-corrected chi connectivity index (χ2v) is 6.27. The Kier molecular flexibility index (Phi) is 2.78. The van der Waals surface area contributed by atoms with E-state index in [9.17, 15) is 18.5 Å². The fraction of sp³-hybridized carbons (Fsp3) is 0.400. The molecule has 0 radical (unpaired) electrons. The molecule has 1 fully saturated rings. The van der Waals surface area contributed by atoms with E-state index < -0.39 is 26.2 Å². The summed E-state index contributed by atoms with van der Waals surface area (Å²) >= 11 is 0. The van der Waals surface area contributed by atoms with Crippen LogP contribution in [-0.2, 0) is 10.0 Å². The molecule has 0 spiro atoms. The standard InChI is InChI=1S/C10H13N3O4S/c1-10(5-6-10)12-18(16,17)8-4-2-3-7(11)9(8)13(14)15/h2-4,12H,5-6,11H2,1H3. The van der Waals surface area contributed by atoms with Gasteiger partial charge in [-0.05, 0) is 31.9 Å². The molecule has 1 aliphatic carbocycles. The number of nitro groups is 1. The maximum atomic E-state index is 12.1. The van der Waals surface area contributed by atoms with Gasteiger partial charge in [0, 0.05) is 5.54 Å². The first-order chi connectivity index (χ1) is 8.25. The highest BCUT2D eigenvalue weighted by atomic mass is 32.2. The van der Waals surface area contributed by atoms with Crippen LogP contribution in [0.4, 0.5) is 11.4 Å². The van der Waals surface area contributed by atoms with Gasteiger partial charge in [0.25, 0.3) is 0 Å². The smallest absolute Gasteiger partial charge is 0.312 e. The Bertz CT molecular complexity index is 608. The highest BCUT2D eigenvalue weighted by Gasteiger charge is 2.43. The molecule has 0 heterocycles. The van der Waals surface area contributed by atoms with Crippen molar-refractivity contribution >= 4 is 21.4 Å². The summed E-state index contributed by atoms with van der Waals surface area (Å²) in [5, 5.41) is 10.9. The topological polar surface area (TPSA) is 115 Å². The zero-order valence-electron chi connectivity index (χ0n) is 9.71. The van der Waals surface area contributed by atoms with E-state index in [1.54, 1.807) is 6.92 Å². The lowest BCUT2D eigenvalue weighted by Gasteiger charge is -2.12. The van der Waals surface area contributed by atoms with Gasteiger partial charge in [0.15, 0.2) is 4.90 Å². The maximum Gasteiger partial charge on any atom is 0.312 e. The molecule has 1 aromatic carbocycles. The molecule has 3 N–H and O–H groups in total. The number of nitrogens with one attached hydrogen (secondary N) is 1. The number of nitrogens with zero attached hydrogens (tertiary/aromatic N) is 1. The fourth-order valence-electron chi connectivity index (χ4n) is 1.62. The minimum absolute atomic E-state index is 0.163. The molecule has 0 unspecified atom stereocenters. The van der Waals surface area contributed by atoms with E-state index in [1.807, 2.05) is 0 Å². The Labute approximate surface area is 104 Å². The van der Waals surface area contributed by atoms with Crippen LogP contribution in [0.2, 0.25) is 0 Å². The van der Waals surface area contributed by atoms with Gasteiger partial charge in [-0.15, -0.1) is 0 Å². The molecule has 18 heavy (non-hydrogen) atoms. The predicted molar refractivity (Wildman–Crippen MR) is 65.5 cm³/mol. The highest BCUT2D eigenvalue weighted by Crippen LogP contribution is 2.37. The van der Waals surface area contributed by atoms with Crippen LogP contribution in [0, 0.1) is 10.1 Å². The number of benzene rings is 1. The number of anilines is 1. The summed E-state index contributed by atoms with van der Waals surface area (Å²) in [5.74, 6) is 0. The summed E-state index contributed by atoms with van der Waals surface area (Å²) in [6, 6.07) is 3.87. The van der Waals surface area contributed by atoms with Crippen LogP contribution in [0.15, 0.2) is 23.1 Å². The fourth-order valence-corrected chi connectivity index (χ4v) is 3.29. The van der Waals surface area contributed by atoms with Crippen LogP contribution >= 0.6 is 0 Å². The average molecular weight is 271 g/mol. The van der Waals surface area contributed by atoms with Crippen molar-refractivity contribution in [3.8, 4) is 0 Å². The van der Waals surface area contributed by atoms with Crippen LogP contribution in [0.25, 0.3) is 0 Å². The third-order valence-corrected chi connectivity index (χ3v) is 4.55. The van der Waals surface area contributed by atoms with Crippen molar-refractivity contribution < 1.29 is 13.3 Å². The minimum Gasteiger partial charge on any atom is -0.393 e. The van der Waals surface area contributed by atoms with Crippen molar-refractivity contribution in [1.82, 2.24) is 4.72 Å². The van der Waals surface area contributed by atoms with Gasteiger partial charge in [-0.1, -0.05) is 6.07 Å². The van der Waals surface area contributed by atoms with Crippen molar-refractivity contribution in [2.24, 2.45) is 0 Å². The molecule has 1 saturated carbocycles. The summed E-state index contributed by atoms with van der Waals surface area (Å²) in [5.41, 5.74) is 4.24. The number of hydrogen-bond acceptors (Lipinski definition) is 5. The van der Waals surface area contributed by atoms with Crippen molar-refractivity contribution in [3.63, 3.8) is 0 Å². The summed E-state index contributed by atoms with van der Waals surface area (Å²) in [6.45, 7) is 1.75. The summed E-state index contributed by atoms with van der Waals surface area (Å²) < 4.78 is 26.6. The average Bonchev–Trinajstić information content (AvgIpc) is 2.93. The van der Waals surface area contributed by atoms with Gasteiger partial charge < -0.3 is 5.73 Å². The molecule has 0 aromatic heterocycles. The minimum atomic E-state index is -3.93. The number of para-hydroxylation sites is 1. The molecule has 0 amide bonds. The molecule has 8 heteroatoms. The van der Waals surface area contributed by atoms with Crippen LogP contribution < -0.4 is 10.5 Å². The van der Waals surface area contributed by atoms with Crippen LogP contribution in [0.5, 0.6) is 0 Å². The molecule has 1 aliphatic rings. The third-order valence-electron chi connectivity index (χ3n) is 2.88. The first kappa shape index (κ1) is 12.8. The zero-order valence-corrected chi connectivity index (χ0v) is 10.5. The normalized spacial score (nSPS) is 17.4. The van der Waals surface area contributed by atoms with Gasteiger partial charge in [0.05, 0.1) is 4.92 Å². The molecule has 0 bridgehead atoms. The van der Waals surface area contributed by atoms with Gasteiger partial charge in [-0.3, -0.25) is 10.1 Å². The van der Waals surface area contributed by atoms with E-state index in [1.165, 1.54) is 18.2 Å². The molecule has 0 saturated heterocycles. The first-order valence-electron chi connectivity index (χ1n) is 5.32. The van der Waals surface area contributed by atoms with E-state index in [0.29, 0.717) is 0 Å². The van der Waals surface area contributed by atoms with Crippen LogP contribution in [0.1, 0.15) is 19.8 Å². The Morgan fingerprint density at radius 3 is 2.56 bits per heavy atom. The number of hydrogen-bond donors (Lipinski definition) is 2. The Morgan fingerprint density at radius 1 is 1.44 bits per heavy atom. The van der Waals surface area contributed by atoms with E-state index in [-0.39, 0.29) is 10.6 Å². The van der Waals surface area contributed by atoms with Gasteiger partial charge in [-0.25, -0.2) is 13.1 Å². The third kappa shape index (κ3) is 2.29. The molecular formula is C10H13N3O4S.